The number of rotatable bonds is 5. The average Bonchev–Trinajstić information content (AvgIpc) is 2.50. The van der Waals surface area contributed by atoms with Crippen LogP contribution in [0.15, 0.2) is 36.4 Å². The molecule has 0 spiro atoms. The molecule has 0 bridgehead atoms. The summed E-state index contributed by atoms with van der Waals surface area (Å²) in [6.45, 7) is 7.53. The predicted octanol–water partition coefficient (Wildman–Crippen LogP) is 4.81. The second-order valence-corrected chi connectivity index (χ2v) is 7.18. The van der Waals surface area contributed by atoms with Gasteiger partial charge in [0.15, 0.2) is 5.78 Å². The highest BCUT2D eigenvalue weighted by molar-refractivity contribution is 5.99. The number of ketones is 1. The number of hydrogen-bond acceptors (Lipinski definition) is 4. The molecule has 0 radical (unpaired) electrons. The summed E-state index contributed by atoms with van der Waals surface area (Å²) in [5, 5.41) is 19.4. The van der Waals surface area contributed by atoms with Crippen LogP contribution in [0, 0.1) is 12.3 Å². The van der Waals surface area contributed by atoms with Gasteiger partial charge in [-0.25, -0.2) is 4.79 Å². The molecule has 0 aliphatic carbocycles. The maximum absolute atomic E-state index is 12.4. The third-order valence-electron chi connectivity index (χ3n) is 3.68. The fourth-order valence-corrected chi connectivity index (χ4v) is 2.41. The lowest BCUT2D eigenvalue weighted by molar-refractivity contribution is 0.0696. The Morgan fingerprint density at radius 1 is 1.12 bits per heavy atom. The molecule has 2 rings (SSSR count). The fraction of sp³-hybridized carbons (Fsp3) is 0.300. The Bertz CT molecular complexity index is 815. The number of phenols is 1. The maximum atomic E-state index is 12.4. The van der Waals surface area contributed by atoms with Gasteiger partial charge in [-0.05, 0) is 42.7 Å². The number of aromatic hydroxyl groups is 1. The van der Waals surface area contributed by atoms with Crippen LogP contribution in [0.2, 0.25) is 0 Å². The molecule has 0 aliphatic rings. The quantitative estimate of drug-likeness (QED) is 0.762. The lowest BCUT2D eigenvalue weighted by Crippen LogP contribution is -2.13. The SMILES string of the molecule is Cc1c(Oc2cccc(C(=O)O)c2)ccc(C(=O)CC(C)(C)C)c1O. The van der Waals surface area contributed by atoms with E-state index in [1.165, 1.54) is 18.2 Å². The van der Waals surface area contributed by atoms with Crippen molar-refractivity contribution in [2.24, 2.45) is 5.41 Å². The van der Waals surface area contributed by atoms with Crippen LogP contribution in [0.1, 0.15) is 53.5 Å². The van der Waals surface area contributed by atoms with Crippen LogP contribution in [-0.4, -0.2) is 22.0 Å². The van der Waals surface area contributed by atoms with Crippen LogP contribution in [0.25, 0.3) is 0 Å². The molecular formula is C20H22O5. The Morgan fingerprint density at radius 2 is 1.80 bits per heavy atom. The number of benzene rings is 2. The number of hydrogen-bond donors (Lipinski definition) is 2. The maximum Gasteiger partial charge on any atom is 0.335 e. The van der Waals surface area contributed by atoms with E-state index >= 15 is 0 Å². The van der Waals surface area contributed by atoms with Crippen molar-refractivity contribution < 1.29 is 24.5 Å². The highest BCUT2D eigenvalue weighted by Gasteiger charge is 2.21. The molecule has 2 aromatic rings. The van der Waals surface area contributed by atoms with Crippen LogP contribution < -0.4 is 4.74 Å². The molecule has 0 saturated heterocycles. The summed E-state index contributed by atoms with van der Waals surface area (Å²) in [7, 11) is 0. The van der Waals surface area contributed by atoms with E-state index in [1.807, 2.05) is 20.8 Å². The first-order valence-electron chi connectivity index (χ1n) is 7.95. The number of carboxylic acid groups (broad SMARTS) is 1. The van der Waals surface area contributed by atoms with E-state index < -0.39 is 5.97 Å². The summed E-state index contributed by atoms with van der Waals surface area (Å²) in [5.41, 5.74) is 0.625. The van der Waals surface area contributed by atoms with Gasteiger partial charge in [0.05, 0.1) is 11.1 Å². The van der Waals surface area contributed by atoms with Gasteiger partial charge in [0, 0.05) is 12.0 Å². The fourth-order valence-electron chi connectivity index (χ4n) is 2.41. The summed E-state index contributed by atoms with van der Waals surface area (Å²) in [5.74, 6) is -0.578. The van der Waals surface area contributed by atoms with E-state index in [0.29, 0.717) is 23.5 Å². The molecule has 0 aromatic heterocycles. The largest absolute Gasteiger partial charge is 0.507 e. The standard InChI is InChI=1S/C20H22O5/c1-12-17(25-14-7-5-6-13(10-14)19(23)24)9-8-15(18(12)22)16(21)11-20(2,3)4/h5-10,22H,11H2,1-4H3,(H,23,24). The molecule has 0 unspecified atom stereocenters. The third kappa shape index (κ3) is 4.59. The Morgan fingerprint density at radius 3 is 2.40 bits per heavy atom. The minimum Gasteiger partial charge on any atom is -0.507 e. The van der Waals surface area contributed by atoms with Crippen LogP contribution in [-0.2, 0) is 0 Å². The molecule has 5 heteroatoms. The van der Waals surface area contributed by atoms with Crippen LogP contribution in [0.3, 0.4) is 0 Å². The molecule has 0 heterocycles. The lowest BCUT2D eigenvalue weighted by Gasteiger charge is -2.18. The smallest absolute Gasteiger partial charge is 0.335 e. The molecular weight excluding hydrogens is 320 g/mol. The zero-order chi connectivity index (χ0) is 18.8. The zero-order valence-corrected chi connectivity index (χ0v) is 14.8. The minimum absolute atomic E-state index is 0.108. The van der Waals surface area contributed by atoms with Gasteiger partial charge in [0.1, 0.15) is 17.2 Å². The van der Waals surface area contributed by atoms with Gasteiger partial charge in [-0.15, -0.1) is 0 Å². The first kappa shape index (κ1) is 18.5. The number of phenolic OH excluding ortho intramolecular Hbond substituents is 1. The first-order chi connectivity index (χ1) is 11.6. The average molecular weight is 342 g/mol. The van der Waals surface area contributed by atoms with E-state index in [1.54, 1.807) is 25.1 Å². The van der Waals surface area contributed by atoms with Crippen LogP contribution in [0.4, 0.5) is 0 Å². The van der Waals surface area contributed by atoms with Crippen LogP contribution >= 0.6 is 0 Å². The van der Waals surface area contributed by atoms with Gasteiger partial charge in [0.25, 0.3) is 0 Å². The molecule has 5 nitrogen and oxygen atoms in total. The molecule has 2 N–H and O–H groups in total. The van der Waals surface area contributed by atoms with Crippen molar-refractivity contribution in [3.8, 4) is 17.2 Å². The van der Waals surface area contributed by atoms with Crippen molar-refractivity contribution in [2.75, 3.05) is 0 Å². The highest BCUT2D eigenvalue weighted by Crippen LogP contribution is 2.35. The predicted molar refractivity (Wildman–Crippen MR) is 94.7 cm³/mol. The summed E-state index contributed by atoms with van der Waals surface area (Å²) in [6.07, 6.45) is 0.320. The van der Waals surface area contributed by atoms with Crippen molar-refractivity contribution in [2.45, 2.75) is 34.1 Å². The van der Waals surface area contributed by atoms with E-state index in [4.69, 9.17) is 9.84 Å². The molecule has 0 fully saturated rings. The number of carbonyl (C=O) groups is 2. The minimum atomic E-state index is -1.05. The number of Topliss-reactive ketones (excluding diaryl/α,β-unsaturated/α-hetero) is 1. The second-order valence-electron chi connectivity index (χ2n) is 7.18. The summed E-state index contributed by atoms with van der Waals surface area (Å²) < 4.78 is 5.68. The Kier molecular flexibility index (Phi) is 5.16. The molecule has 2 aromatic carbocycles. The van der Waals surface area contributed by atoms with Crippen molar-refractivity contribution >= 4 is 11.8 Å². The van der Waals surface area contributed by atoms with Gasteiger partial charge >= 0.3 is 5.97 Å². The lowest BCUT2D eigenvalue weighted by atomic mass is 9.87. The molecule has 0 amide bonds. The second kappa shape index (κ2) is 6.97. The Balaban J connectivity index is 2.30. The van der Waals surface area contributed by atoms with E-state index in [2.05, 4.69) is 0 Å². The van der Waals surface area contributed by atoms with E-state index in [0.717, 1.165) is 0 Å². The summed E-state index contributed by atoms with van der Waals surface area (Å²) in [4.78, 5) is 23.4. The van der Waals surface area contributed by atoms with Crippen molar-refractivity contribution in [1.82, 2.24) is 0 Å². The van der Waals surface area contributed by atoms with Gasteiger partial charge in [-0.1, -0.05) is 26.8 Å². The van der Waals surface area contributed by atoms with E-state index in [9.17, 15) is 14.7 Å². The third-order valence-corrected chi connectivity index (χ3v) is 3.68. The van der Waals surface area contributed by atoms with Crippen molar-refractivity contribution in [3.63, 3.8) is 0 Å². The van der Waals surface area contributed by atoms with E-state index in [-0.39, 0.29) is 28.1 Å². The monoisotopic (exact) mass is 342 g/mol. The Labute approximate surface area is 146 Å². The Hall–Kier alpha value is -2.82. The topological polar surface area (TPSA) is 83.8 Å². The van der Waals surface area contributed by atoms with Crippen molar-refractivity contribution in [1.29, 1.82) is 0 Å². The van der Waals surface area contributed by atoms with Gasteiger partial charge < -0.3 is 14.9 Å². The summed E-state index contributed by atoms with van der Waals surface area (Å²) >= 11 is 0. The van der Waals surface area contributed by atoms with Crippen molar-refractivity contribution in [3.05, 3.63) is 53.1 Å². The highest BCUT2D eigenvalue weighted by atomic mass is 16.5. The summed E-state index contributed by atoms with van der Waals surface area (Å²) in [6, 6.07) is 9.22. The zero-order valence-electron chi connectivity index (χ0n) is 14.8. The van der Waals surface area contributed by atoms with Gasteiger partial charge in [0.2, 0.25) is 0 Å². The van der Waals surface area contributed by atoms with Crippen LogP contribution in [0.5, 0.6) is 17.2 Å². The first-order valence-corrected chi connectivity index (χ1v) is 7.95. The van der Waals surface area contributed by atoms with Gasteiger partial charge in [-0.2, -0.15) is 0 Å². The molecule has 0 aliphatic heterocycles. The normalized spacial score (nSPS) is 11.2. The van der Waals surface area contributed by atoms with Gasteiger partial charge in [-0.3, -0.25) is 4.79 Å². The number of carboxylic acids is 1. The molecule has 0 saturated carbocycles. The molecule has 25 heavy (non-hydrogen) atoms. The molecule has 132 valence electrons. The number of ether oxygens (including phenoxy) is 1. The number of carbonyl (C=O) groups excluding carboxylic acids is 1. The number of aromatic carboxylic acids is 1. The molecule has 0 atom stereocenters.